The van der Waals surface area contributed by atoms with E-state index in [-0.39, 0.29) is 28.2 Å². The van der Waals surface area contributed by atoms with Crippen LogP contribution in [0.5, 0.6) is 5.75 Å². The molecule has 0 spiro atoms. The Hall–Kier alpha value is -1.77. The van der Waals surface area contributed by atoms with Gasteiger partial charge in [-0.3, -0.25) is 0 Å². The van der Waals surface area contributed by atoms with Gasteiger partial charge in [0.05, 0.1) is 0 Å². The van der Waals surface area contributed by atoms with Crippen molar-refractivity contribution in [3.05, 3.63) is 42.0 Å². The lowest BCUT2D eigenvalue weighted by molar-refractivity contribution is -0.0245. The van der Waals surface area contributed by atoms with Crippen molar-refractivity contribution in [1.29, 1.82) is 0 Å². The average molecular weight is 314 g/mol. The second-order valence-corrected chi connectivity index (χ2v) is 7.81. The van der Waals surface area contributed by atoms with Gasteiger partial charge in [-0.15, -0.1) is 6.58 Å². The summed E-state index contributed by atoms with van der Waals surface area (Å²) in [6, 6.07) is 5.12. The van der Waals surface area contributed by atoms with Crippen molar-refractivity contribution < 1.29 is 14.6 Å². The van der Waals surface area contributed by atoms with Crippen molar-refractivity contribution in [2.45, 2.75) is 52.6 Å². The number of carbonyl (C=O) groups excluding carboxylic acids is 1. The molecule has 2 aliphatic rings. The third-order valence-electron chi connectivity index (χ3n) is 6.66. The number of esters is 1. The third kappa shape index (κ3) is 2.29. The maximum absolute atomic E-state index is 12.7. The molecule has 1 N–H and O–H groups in total. The Labute approximate surface area is 138 Å². The SMILES string of the molecule is C=CCc1cccc(O)c1C(=O)OC1CC2CCC1(C)C2(C)C. The first kappa shape index (κ1) is 16.1. The van der Waals surface area contributed by atoms with E-state index in [0.29, 0.717) is 12.3 Å². The number of phenolic OH excluding ortho intramolecular Hbond substituents is 1. The monoisotopic (exact) mass is 314 g/mol. The summed E-state index contributed by atoms with van der Waals surface area (Å²) in [5.41, 5.74) is 1.27. The summed E-state index contributed by atoms with van der Waals surface area (Å²) in [4.78, 5) is 12.7. The van der Waals surface area contributed by atoms with Crippen LogP contribution in [0, 0.1) is 16.7 Å². The summed E-state index contributed by atoms with van der Waals surface area (Å²) in [6.45, 7) is 10.5. The first-order chi connectivity index (χ1) is 10.8. The van der Waals surface area contributed by atoms with Crippen LogP contribution in [-0.4, -0.2) is 17.2 Å². The molecular weight excluding hydrogens is 288 g/mol. The van der Waals surface area contributed by atoms with E-state index in [0.717, 1.165) is 18.4 Å². The Morgan fingerprint density at radius 1 is 1.43 bits per heavy atom. The molecule has 0 saturated heterocycles. The van der Waals surface area contributed by atoms with Crippen LogP contribution >= 0.6 is 0 Å². The first-order valence-electron chi connectivity index (χ1n) is 8.44. The summed E-state index contributed by atoms with van der Waals surface area (Å²) in [7, 11) is 0. The van der Waals surface area contributed by atoms with Crippen LogP contribution in [-0.2, 0) is 11.2 Å². The molecule has 2 aliphatic carbocycles. The maximum atomic E-state index is 12.7. The van der Waals surface area contributed by atoms with Crippen LogP contribution in [0.4, 0.5) is 0 Å². The average Bonchev–Trinajstić information content (AvgIpc) is 2.81. The van der Waals surface area contributed by atoms with Gasteiger partial charge in [-0.25, -0.2) is 4.79 Å². The highest BCUT2D eigenvalue weighted by Gasteiger charge is 2.62. The lowest BCUT2D eigenvalue weighted by Gasteiger charge is -2.38. The molecule has 0 radical (unpaired) electrons. The van der Waals surface area contributed by atoms with E-state index in [9.17, 15) is 9.90 Å². The van der Waals surface area contributed by atoms with Crippen molar-refractivity contribution in [2.24, 2.45) is 16.7 Å². The van der Waals surface area contributed by atoms with Crippen molar-refractivity contribution in [3.63, 3.8) is 0 Å². The zero-order chi connectivity index (χ0) is 16.8. The Morgan fingerprint density at radius 3 is 2.74 bits per heavy atom. The van der Waals surface area contributed by atoms with Crippen molar-refractivity contribution in [3.8, 4) is 5.75 Å². The van der Waals surface area contributed by atoms with E-state index in [4.69, 9.17) is 4.74 Å². The standard InChI is InChI=1S/C20H26O3/c1-5-7-13-8-6-9-15(21)17(13)18(22)23-16-12-14-10-11-20(16,4)19(14,2)3/h5-6,8-9,14,16,21H,1,7,10-12H2,2-4H3. The smallest absolute Gasteiger partial charge is 0.342 e. The van der Waals surface area contributed by atoms with Gasteiger partial charge in [0.1, 0.15) is 17.4 Å². The molecular formula is C20H26O3. The number of allylic oxidation sites excluding steroid dienone is 1. The first-order valence-corrected chi connectivity index (χ1v) is 8.44. The Kier molecular flexibility index (Phi) is 3.78. The molecule has 3 atom stereocenters. The molecule has 3 unspecified atom stereocenters. The Bertz CT molecular complexity index is 646. The topological polar surface area (TPSA) is 46.5 Å². The molecule has 124 valence electrons. The van der Waals surface area contributed by atoms with Gasteiger partial charge in [-0.05, 0) is 48.6 Å². The van der Waals surface area contributed by atoms with Crippen molar-refractivity contribution >= 4 is 5.97 Å². The van der Waals surface area contributed by atoms with Gasteiger partial charge in [0.15, 0.2) is 0 Å². The number of hydrogen-bond acceptors (Lipinski definition) is 3. The van der Waals surface area contributed by atoms with E-state index in [1.807, 2.05) is 6.07 Å². The van der Waals surface area contributed by atoms with Crippen LogP contribution in [0.25, 0.3) is 0 Å². The van der Waals surface area contributed by atoms with E-state index in [1.165, 1.54) is 12.5 Å². The molecule has 0 heterocycles. The zero-order valence-electron chi connectivity index (χ0n) is 14.3. The highest BCUT2D eigenvalue weighted by atomic mass is 16.5. The fraction of sp³-hybridized carbons (Fsp3) is 0.550. The van der Waals surface area contributed by atoms with E-state index in [2.05, 4.69) is 27.4 Å². The van der Waals surface area contributed by atoms with Crippen LogP contribution in [0.1, 0.15) is 56.0 Å². The van der Waals surface area contributed by atoms with Gasteiger partial charge >= 0.3 is 5.97 Å². The minimum Gasteiger partial charge on any atom is -0.507 e. The van der Waals surface area contributed by atoms with E-state index < -0.39 is 5.97 Å². The predicted octanol–water partition coefficient (Wildman–Crippen LogP) is 4.49. The van der Waals surface area contributed by atoms with Crippen LogP contribution < -0.4 is 0 Å². The molecule has 2 bridgehead atoms. The summed E-state index contributed by atoms with van der Waals surface area (Å²) in [6.07, 6.45) is 5.45. The summed E-state index contributed by atoms with van der Waals surface area (Å²) in [5, 5.41) is 10.1. The number of carbonyl (C=O) groups is 1. The van der Waals surface area contributed by atoms with Crippen molar-refractivity contribution in [1.82, 2.24) is 0 Å². The number of aromatic hydroxyl groups is 1. The fourth-order valence-electron chi connectivity index (χ4n) is 4.64. The summed E-state index contributed by atoms with van der Waals surface area (Å²) >= 11 is 0. The fourth-order valence-corrected chi connectivity index (χ4v) is 4.64. The molecule has 2 saturated carbocycles. The summed E-state index contributed by atoms with van der Waals surface area (Å²) < 4.78 is 5.90. The molecule has 3 rings (SSSR count). The van der Waals surface area contributed by atoms with Gasteiger partial charge in [0.2, 0.25) is 0 Å². The second kappa shape index (κ2) is 5.40. The van der Waals surface area contributed by atoms with Crippen molar-refractivity contribution in [2.75, 3.05) is 0 Å². The molecule has 1 aromatic rings. The highest BCUT2D eigenvalue weighted by molar-refractivity contribution is 5.94. The van der Waals surface area contributed by atoms with Gasteiger partial charge in [0.25, 0.3) is 0 Å². The van der Waals surface area contributed by atoms with Gasteiger partial charge in [-0.1, -0.05) is 39.0 Å². The van der Waals surface area contributed by atoms with Crippen LogP contribution in [0.3, 0.4) is 0 Å². The maximum Gasteiger partial charge on any atom is 0.342 e. The van der Waals surface area contributed by atoms with Crippen LogP contribution in [0.2, 0.25) is 0 Å². The van der Waals surface area contributed by atoms with Gasteiger partial charge < -0.3 is 9.84 Å². The van der Waals surface area contributed by atoms with Crippen LogP contribution in [0.15, 0.2) is 30.9 Å². The number of phenols is 1. The zero-order valence-corrected chi connectivity index (χ0v) is 14.3. The molecule has 3 heteroatoms. The Morgan fingerprint density at radius 2 is 2.17 bits per heavy atom. The third-order valence-corrected chi connectivity index (χ3v) is 6.66. The van der Waals surface area contributed by atoms with Gasteiger partial charge in [0, 0.05) is 5.41 Å². The molecule has 0 aromatic heterocycles. The number of rotatable bonds is 4. The second-order valence-electron chi connectivity index (χ2n) is 7.81. The van der Waals surface area contributed by atoms with Gasteiger partial charge in [-0.2, -0.15) is 0 Å². The quantitative estimate of drug-likeness (QED) is 0.658. The molecule has 2 fully saturated rings. The minimum absolute atomic E-state index is 0.0121. The molecule has 0 amide bonds. The largest absolute Gasteiger partial charge is 0.507 e. The number of hydrogen-bond donors (Lipinski definition) is 1. The number of benzene rings is 1. The lowest BCUT2D eigenvalue weighted by atomic mass is 9.70. The highest BCUT2D eigenvalue weighted by Crippen LogP contribution is 2.66. The predicted molar refractivity (Wildman–Crippen MR) is 90.4 cm³/mol. The minimum atomic E-state index is -0.408. The summed E-state index contributed by atoms with van der Waals surface area (Å²) in [5.74, 6) is 0.193. The van der Waals surface area contributed by atoms with E-state index in [1.54, 1.807) is 12.1 Å². The number of fused-ring (bicyclic) bond motifs is 2. The Balaban J connectivity index is 1.86. The van der Waals surface area contributed by atoms with E-state index >= 15 is 0 Å². The normalized spacial score (nSPS) is 31.1. The molecule has 3 nitrogen and oxygen atoms in total. The number of ether oxygens (including phenoxy) is 1. The lowest BCUT2D eigenvalue weighted by Crippen LogP contribution is -2.38. The molecule has 1 aromatic carbocycles. The molecule has 0 aliphatic heterocycles. The molecule has 23 heavy (non-hydrogen) atoms.